The van der Waals surface area contributed by atoms with E-state index in [-0.39, 0.29) is 11.8 Å². The second-order valence-electron chi connectivity index (χ2n) is 4.87. The zero-order valence-electron chi connectivity index (χ0n) is 11.8. The van der Waals surface area contributed by atoms with E-state index in [4.69, 9.17) is 4.74 Å². The van der Waals surface area contributed by atoms with Crippen LogP contribution in [0.1, 0.15) is 52.4 Å². The van der Waals surface area contributed by atoms with Gasteiger partial charge in [0.15, 0.2) is 0 Å². The maximum atomic E-state index is 11.6. The number of halogens is 2. The first-order chi connectivity index (χ1) is 9.07. The van der Waals surface area contributed by atoms with E-state index in [0.717, 1.165) is 36.3 Å². The molecule has 0 bridgehead atoms. The predicted octanol–water partition coefficient (Wildman–Crippen LogP) is 4.46. The van der Waals surface area contributed by atoms with Crippen molar-refractivity contribution >= 4 is 43.8 Å². The standard InChI is InChI=1S/C14H24Br2O3/c1-3-5-11(9-15)7-13(17)19-14(18)8-12(10-16)6-4-2/h11-12H,3-10H2,1-2H3/t11-,12-/m1/s1. The lowest BCUT2D eigenvalue weighted by Crippen LogP contribution is -2.19. The Balaban J connectivity index is 4.06. The van der Waals surface area contributed by atoms with E-state index in [2.05, 4.69) is 45.7 Å². The highest BCUT2D eigenvalue weighted by Gasteiger charge is 2.19. The molecule has 0 fully saturated rings. The van der Waals surface area contributed by atoms with E-state index in [1.807, 2.05) is 0 Å². The lowest BCUT2D eigenvalue weighted by Gasteiger charge is -2.13. The molecule has 0 amide bonds. The predicted molar refractivity (Wildman–Crippen MR) is 84.7 cm³/mol. The Morgan fingerprint density at radius 3 is 1.53 bits per heavy atom. The summed E-state index contributed by atoms with van der Waals surface area (Å²) in [6.07, 6.45) is 4.62. The molecule has 0 aliphatic rings. The molecule has 0 saturated heterocycles. The van der Waals surface area contributed by atoms with E-state index in [1.165, 1.54) is 0 Å². The third kappa shape index (κ3) is 9.61. The average Bonchev–Trinajstić information content (AvgIpc) is 2.37. The molecule has 19 heavy (non-hydrogen) atoms. The highest BCUT2D eigenvalue weighted by Crippen LogP contribution is 2.17. The van der Waals surface area contributed by atoms with Gasteiger partial charge in [0, 0.05) is 23.5 Å². The quantitative estimate of drug-likeness (QED) is 0.309. The van der Waals surface area contributed by atoms with E-state index in [9.17, 15) is 9.59 Å². The van der Waals surface area contributed by atoms with Crippen LogP contribution >= 0.6 is 31.9 Å². The molecular weight excluding hydrogens is 376 g/mol. The summed E-state index contributed by atoms with van der Waals surface area (Å²) in [5.74, 6) is -0.277. The fraction of sp³-hybridized carbons (Fsp3) is 0.857. The van der Waals surface area contributed by atoms with Crippen LogP contribution in [0.25, 0.3) is 0 Å². The maximum Gasteiger partial charge on any atom is 0.313 e. The Labute approximate surface area is 133 Å². The van der Waals surface area contributed by atoms with Crippen LogP contribution in [0.3, 0.4) is 0 Å². The molecule has 3 nitrogen and oxygen atoms in total. The van der Waals surface area contributed by atoms with E-state index >= 15 is 0 Å². The monoisotopic (exact) mass is 398 g/mol. The summed E-state index contributed by atoms with van der Waals surface area (Å²) in [5, 5.41) is 1.54. The molecule has 0 heterocycles. The van der Waals surface area contributed by atoms with Crippen molar-refractivity contribution in [1.29, 1.82) is 0 Å². The van der Waals surface area contributed by atoms with Gasteiger partial charge in [-0.1, -0.05) is 58.5 Å². The fourth-order valence-electron chi connectivity index (χ4n) is 1.97. The summed E-state index contributed by atoms with van der Waals surface area (Å²) in [7, 11) is 0. The minimum absolute atomic E-state index is 0.257. The minimum atomic E-state index is -0.396. The molecule has 0 N–H and O–H groups in total. The van der Waals surface area contributed by atoms with Gasteiger partial charge in [-0.25, -0.2) is 0 Å². The van der Waals surface area contributed by atoms with Crippen molar-refractivity contribution in [3.63, 3.8) is 0 Å². The first-order valence-corrected chi connectivity index (χ1v) is 9.16. The Kier molecular flexibility index (Phi) is 12.0. The molecule has 0 aliphatic heterocycles. The summed E-state index contributed by atoms with van der Waals surface area (Å²) in [6, 6.07) is 0. The Bertz CT molecular complexity index is 243. The van der Waals surface area contributed by atoms with Gasteiger partial charge < -0.3 is 4.74 Å². The maximum absolute atomic E-state index is 11.6. The van der Waals surface area contributed by atoms with Crippen LogP contribution in [0.4, 0.5) is 0 Å². The average molecular weight is 400 g/mol. The van der Waals surface area contributed by atoms with Gasteiger partial charge in [-0.05, 0) is 24.7 Å². The van der Waals surface area contributed by atoms with Crippen molar-refractivity contribution in [2.45, 2.75) is 52.4 Å². The van der Waals surface area contributed by atoms with Gasteiger partial charge in [0.1, 0.15) is 0 Å². The summed E-state index contributed by atoms with van der Waals surface area (Å²) in [5.41, 5.74) is 0. The first-order valence-electron chi connectivity index (χ1n) is 6.92. The van der Waals surface area contributed by atoms with Crippen molar-refractivity contribution in [2.24, 2.45) is 11.8 Å². The zero-order chi connectivity index (χ0) is 14.7. The second kappa shape index (κ2) is 11.9. The van der Waals surface area contributed by atoms with Gasteiger partial charge >= 0.3 is 11.9 Å². The van der Waals surface area contributed by atoms with Gasteiger partial charge in [-0.2, -0.15) is 0 Å². The van der Waals surface area contributed by atoms with Crippen molar-refractivity contribution in [3.8, 4) is 0 Å². The third-order valence-corrected chi connectivity index (χ3v) is 4.80. The molecule has 0 aromatic carbocycles. The van der Waals surface area contributed by atoms with Crippen molar-refractivity contribution in [2.75, 3.05) is 10.7 Å². The van der Waals surface area contributed by atoms with Crippen molar-refractivity contribution < 1.29 is 14.3 Å². The second-order valence-corrected chi connectivity index (χ2v) is 6.17. The van der Waals surface area contributed by atoms with Crippen LogP contribution in [-0.2, 0) is 14.3 Å². The zero-order valence-corrected chi connectivity index (χ0v) is 15.0. The van der Waals surface area contributed by atoms with Gasteiger partial charge in [-0.3, -0.25) is 9.59 Å². The minimum Gasteiger partial charge on any atom is -0.393 e. The third-order valence-electron chi connectivity index (χ3n) is 2.97. The molecule has 2 atom stereocenters. The van der Waals surface area contributed by atoms with Gasteiger partial charge in [0.05, 0.1) is 0 Å². The van der Waals surface area contributed by atoms with E-state index < -0.39 is 11.9 Å². The van der Waals surface area contributed by atoms with Crippen molar-refractivity contribution in [1.82, 2.24) is 0 Å². The van der Waals surface area contributed by atoms with Crippen LogP contribution in [-0.4, -0.2) is 22.6 Å². The summed E-state index contributed by atoms with van der Waals surface area (Å²) < 4.78 is 4.89. The molecule has 0 radical (unpaired) electrons. The van der Waals surface area contributed by atoms with Crippen LogP contribution < -0.4 is 0 Å². The number of esters is 2. The van der Waals surface area contributed by atoms with Gasteiger partial charge in [0.2, 0.25) is 0 Å². The molecule has 0 aromatic rings. The Morgan fingerprint density at radius 1 is 0.895 bits per heavy atom. The Morgan fingerprint density at radius 2 is 1.26 bits per heavy atom. The van der Waals surface area contributed by atoms with E-state index in [1.54, 1.807) is 0 Å². The lowest BCUT2D eigenvalue weighted by atomic mass is 10.0. The number of ether oxygens (including phenoxy) is 1. The summed E-state index contributed by atoms with van der Waals surface area (Å²) in [6.45, 7) is 4.16. The number of carbonyl (C=O) groups excluding carboxylic acids is 2. The smallest absolute Gasteiger partial charge is 0.313 e. The SMILES string of the molecule is CCC[C@@H](CBr)CC(=O)OC(=O)C[C@H](CBr)CCC. The molecule has 0 aromatic heterocycles. The number of carbonyl (C=O) groups is 2. The molecule has 0 spiro atoms. The number of rotatable bonds is 10. The molecule has 0 aliphatic carbocycles. The van der Waals surface area contributed by atoms with Crippen LogP contribution in [0.5, 0.6) is 0 Å². The number of alkyl halides is 2. The first kappa shape index (κ1) is 19.1. The van der Waals surface area contributed by atoms with Gasteiger partial charge in [0.25, 0.3) is 0 Å². The van der Waals surface area contributed by atoms with E-state index in [0.29, 0.717) is 12.8 Å². The van der Waals surface area contributed by atoms with Gasteiger partial charge in [-0.15, -0.1) is 0 Å². The summed E-state index contributed by atoms with van der Waals surface area (Å²) in [4.78, 5) is 23.3. The molecular formula is C14H24Br2O3. The Hall–Kier alpha value is 0.1000. The number of hydrogen-bond donors (Lipinski definition) is 0. The molecule has 0 unspecified atom stereocenters. The number of hydrogen-bond acceptors (Lipinski definition) is 3. The molecule has 0 saturated carbocycles. The summed E-state index contributed by atoms with van der Waals surface area (Å²) >= 11 is 6.77. The van der Waals surface area contributed by atoms with Crippen LogP contribution in [0.2, 0.25) is 0 Å². The molecule has 5 heteroatoms. The molecule has 112 valence electrons. The van der Waals surface area contributed by atoms with Crippen LogP contribution in [0.15, 0.2) is 0 Å². The lowest BCUT2D eigenvalue weighted by molar-refractivity contribution is -0.160. The van der Waals surface area contributed by atoms with Crippen molar-refractivity contribution in [3.05, 3.63) is 0 Å². The molecule has 0 rings (SSSR count). The topological polar surface area (TPSA) is 43.4 Å². The highest BCUT2D eigenvalue weighted by atomic mass is 79.9. The fourth-order valence-corrected chi connectivity index (χ4v) is 3.07. The largest absolute Gasteiger partial charge is 0.393 e. The van der Waals surface area contributed by atoms with Crippen LogP contribution in [0, 0.1) is 11.8 Å². The highest BCUT2D eigenvalue weighted by molar-refractivity contribution is 9.09. The normalized spacial score (nSPS) is 13.9.